The number of carbonyl (C=O) groups excluding carboxylic acids is 1. The zero-order valence-electron chi connectivity index (χ0n) is 14.2. The molecular formula is C20H24FNO2. The van der Waals surface area contributed by atoms with Crippen molar-refractivity contribution in [3.05, 3.63) is 65.5 Å². The molecule has 1 amide bonds. The first-order valence-electron chi connectivity index (χ1n) is 8.23. The van der Waals surface area contributed by atoms with E-state index < -0.39 is 0 Å². The van der Waals surface area contributed by atoms with Crippen molar-refractivity contribution in [1.82, 2.24) is 0 Å². The van der Waals surface area contributed by atoms with E-state index in [0.29, 0.717) is 17.2 Å². The summed E-state index contributed by atoms with van der Waals surface area (Å²) in [6, 6.07) is 14.4. The molecule has 0 aliphatic rings. The van der Waals surface area contributed by atoms with Crippen molar-refractivity contribution >= 4 is 5.91 Å². The molecule has 128 valence electrons. The van der Waals surface area contributed by atoms with Crippen molar-refractivity contribution in [2.75, 3.05) is 0 Å². The van der Waals surface area contributed by atoms with E-state index >= 15 is 0 Å². The minimum absolute atomic E-state index is 0.101. The van der Waals surface area contributed by atoms with E-state index in [1.807, 2.05) is 31.2 Å². The molecule has 0 fully saturated rings. The Morgan fingerprint density at radius 2 is 1.75 bits per heavy atom. The van der Waals surface area contributed by atoms with E-state index in [2.05, 4.69) is 6.92 Å². The number of carbonyl (C=O) groups is 1. The zero-order valence-corrected chi connectivity index (χ0v) is 14.2. The maximum Gasteiger partial charge on any atom is 0.220 e. The van der Waals surface area contributed by atoms with Gasteiger partial charge in [0.1, 0.15) is 18.2 Å². The van der Waals surface area contributed by atoms with Gasteiger partial charge >= 0.3 is 0 Å². The number of hydrogen-bond donors (Lipinski definition) is 1. The molecular weight excluding hydrogens is 305 g/mol. The van der Waals surface area contributed by atoms with Gasteiger partial charge in [-0.05, 0) is 42.5 Å². The molecule has 0 bridgehead atoms. The normalized spacial score (nSPS) is 13.3. The van der Waals surface area contributed by atoms with Crippen LogP contribution in [0.25, 0.3) is 0 Å². The van der Waals surface area contributed by atoms with Crippen LogP contribution >= 0.6 is 0 Å². The molecule has 0 saturated carbocycles. The smallest absolute Gasteiger partial charge is 0.220 e. The molecule has 0 radical (unpaired) electrons. The largest absolute Gasteiger partial charge is 0.489 e. The fraction of sp³-hybridized carbons (Fsp3) is 0.350. The lowest BCUT2D eigenvalue weighted by molar-refractivity contribution is -0.121. The first-order chi connectivity index (χ1) is 11.5. The average molecular weight is 329 g/mol. The van der Waals surface area contributed by atoms with E-state index in [9.17, 15) is 9.18 Å². The standard InChI is InChI=1S/C20H24FNO2/c1-14(7-8-15(2)20(22)23)16-9-11-18(12-10-16)24-13-17-5-3-4-6-19(17)21/h3-6,9-12,14-15H,7-8,13H2,1-2H3,(H2,22,23). The lowest BCUT2D eigenvalue weighted by Gasteiger charge is -2.15. The Hall–Kier alpha value is -2.36. The number of nitrogens with two attached hydrogens (primary N) is 1. The van der Waals surface area contributed by atoms with Gasteiger partial charge in [-0.1, -0.05) is 44.2 Å². The summed E-state index contributed by atoms with van der Waals surface area (Å²) >= 11 is 0. The van der Waals surface area contributed by atoms with Crippen LogP contribution in [0.15, 0.2) is 48.5 Å². The maximum atomic E-state index is 13.6. The summed E-state index contributed by atoms with van der Waals surface area (Å²) in [5.74, 6) is 0.438. The summed E-state index contributed by atoms with van der Waals surface area (Å²) in [7, 11) is 0. The molecule has 2 aromatic carbocycles. The number of primary amides is 1. The van der Waals surface area contributed by atoms with Crippen LogP contribution < -0.4 is 10.5 Å². The summed E-state index contributed by atoms with van der Waals surface area (Å²) in [6.07, 6.45) is 1.68. The molecule has 3 nitrogen and oxygen atoms in total. The Labute approximate surface area is 142 Å². The number of rotatable bonds is 8. The number of hydrogen-bond acceptors (Lipinski definition) is 2. The van der Waals surface area contributed by atoms with E-state index in [1.165, 1.54) is 11.6 Å². The second kappa shape index (κ2) is 8.48. The van der Waals surface area contributed by atoms with Crippen molar-refractivity contribution in [2.24, 2.45) is 11.7 Å². The molecule has 2 unspecified atom stereocenters. The van der Waals surface area contributed by atoms with Crippen LogP contribution in [0.5, 0.6) is 5.75 Å². The summed E-state index contributed by atoms with van der Waals surface area (Å²) < 4.78 is 19.2. The predicted octanol–water partition coefficient (Wildman–Crippen LogP) is 4.41. The fourth-order valence-corrected chi connectivity index (χ4v) is 2.48. The van der Waals surface area contributed by atoms with Crippen molar-refractivity contribution < 1.29 is 13.9 Å². The summed E-state index contributed by atoms with van der Waals surface area (Å²) in [5, 5.41) is 0. The lowest BCUT2D eigenvalue weighted by atomic mass is 9.92. The number of ether oxygens (including phenoxy) is 1. The fourth-order valence-electron chi connectivity index (χ4n) is 2.48. The van der Waals surface area contributed by atoms with Crippen LogP contribution in [-0.2, 0) is 11.4 Å². The first kappa shape index (κ1) is 18.0. The quantitative estimate of drug-likeness (QED) is 0.780. The minimum atomic E-state index is -0.258. The Bertz CT molecular complexity index is 670. The van der Waals surface area contributed by atoms with E-state index in [-0.39, 0.29) is 24.2 Å². The molecule has 4 heteroatoms. The molecule has 2 aromatic rings. The number of benzene rings is 2. The monoisotopic (exact) mass is 329 g/mol. The molecule has 0 aliphatic heterocycles. The highest BCUT2D eigenvalue weighted by atomic mass is 19.1. The third kappa shape index (κ3) is 5.08. The predicted molar refractivity (Wildman–Crippen MR) is 93.2 cm³/mol. The molecule has 2 N–H and O–H groups in total. The first-order valence-corrected chi connectivity index (χ1v) is 8.23. The topological polar surface area (TPSA) is 52.3 Å². The van der Waals surface area contributed by atoms with Crippen LogP contribution in [0.1, 0.15) is 43.7 Å². The highest BCUT2D eigenvalue weighted by Crippen LogP contribution is 2.25. The third-order valence-electron chi connectivity index (χ3n) is 4.32. The molecule has 0 spiro atoms. The van der Waals surface area contributed by atoms with Gasteiger partial charge in [0.15, 0.2) is 0 Å². The summed E-state index contributed by atoms with van der Waals surface area (Å²) in [4.78, 5) is 11.1. The minimum Gasteiger partial charge on any atom is -0.489 e. The number of halogens is 1. The van der Waals surface area contributed by atoms with E-state index in [0.717, 1.165) is 12.8 Å². The summed E-state index contributed by atoms with van der Waals surface area (Å²) in [6.45, 7) is 4.19. The Morgan fingerprint density at radius 1 is 1.08 bits per heavy atom. The Kier molecular flexibility index (Phi) is 6.36. The van der Waals surface area contributed by atoms with Gasteiger partial charge in [-0.2, -0.15) is 0 Å². The highest BCUT2D eigenvalue weighted by molar-refractivity contribution is 5.76. The summed E-state index contributed by atoms with van der Waals surface area (Å²) in [5.41, 5.74) is 7.01. The van der Waals surface area contributed by atoms with Crippen molar-refractivity contribution in [3.63, 3.8) is 0 Å². The van der Waals surface area contributed by atoms with Crippen molar-refractivity contribution in [3.8, 4) is 5.75 Å². The molecule has 0 aromatic heterocycles. The van der Waals surface area contributed by atoms with Gasteiger partial charge in [-0.15, -0.1) is 0 Å². The average Bonchev–Trinajstić information content (AvgIpc) is 2.59. The van der Waals surface area contributed by atoms with Crippen LogP contribution in [0.2, 0.25) is 0 Å². The SMILES string of the molecule is CC(CCC(C)c1ccc(OCc2ccccc2F)cc1)C(N)=O. The van der Waals surface area contributed by atoms with Crippen LogP contribution in [0, 0.1) is 11.7 Å². The van der Waals surface area contributed by atoms with Crippen LogP contribution in [0.3, 0.4) is 0 Å². The Balaban J connectivity index is 1.88. The zero-order chi connectivity index (χ0) is 17.5. The number of amides is 1. The molecule has 2 atom stereocenters. The molecule has 2 rings (SSSR count). The maximum absolute atomic E-state index is 13.6. The molecule has 24 heavy (non-hydrogen) atoms. The molecule has 0 saturated heterocycles. The molecule has 0 aliphatic carbocycles. The van der Waals surface area contributed by atoms with Gasteiger partial charge in [0.25, 0.3) is 0 Å². The van der Waals surface area contributed by atoms with Crippen LogP contribution in [-0.4, -0.2) is 5.91 Å². The van der Waals surface area contributed by atoms with Crippen LogP contribution in [0.4, 0.5) is 4.39 Å². The van der Waals surface area contributed by atoms with Gasteiger partial charge < -0.3 is 10.5 Å². The van der Waals surface area contributed by atoms with E-state index in [1.54, 1.807) is 18.2 Å². The Morgan fingerprint density at radius 3 is 2.38 bits per heavy atom. The second-order valence-electron chi connectivity index (χ2n) is 6.23. The lowest BCUT2D eigenvalue weighted by Crippen LogP contribution is -2.20. The van der Waals surface area contributed by atoms with Gasteiger partial charge in [0.2, 0.25) is 5.91 Å². The van der Waals surface area contributed by atoms with Crippen molar-refractivity contribution in [1.29, 1.82) is 0 Å². The third-order valence-corrected chi connectivity index (χ3v) is 4.32. The van der Waals surface area contributed by atoms with E-state index in [4.69, 9.17) is 10.5 Å². The van der Waals surface area contributed by atoms with Crippen molar-refractivity contribution in [2.45, 2.75) is 39.2 Å². The van der Waals surface area contributed by atoms with Gasteiger partial charge in [0.05, 0.1) is 0 Å². The molecule has 0 heterocycles. The second-order valence-corrected chi connectivity index (χ2v) is 6.23. The van der Waals surface area contributed by atoms with Gasteiger partial charge in [-0.3, -0.25) is 4.79 Å². The highest BCUT2D eigenvalue weighted by Gasteiger charge is 2.12. The van der Waals surface area contributed by atoms with Gasteiger partial charge in [0, 0.05) is 11.5 Å². The van der Waals surface area contributed by atoms with Gasteiger partial charge in [-0.25, -0.2) is 4.39 Å².